The van der Waals surface area contributed by atoms with E-state index in [2.05, 4.69) is 11.9 Å². The zero-order valence-electron chi connectivity index (χ0n) is 12.2. The van der Waals surface area contributed by atoms with Gasteiger partial charge >= 0.3 is 0 Å². The standard InChI is InChI=1S/C14H29N3O/c1-14(2,13(15)16)8-6-9-17(3)11-12-7-4-5-10-18-12/h12H,4-11H2,1-3H3,(H3,15,16). The molecule has 0 aromatic rings. The third-order valence-electron chi connectivity index (χ3n) is 3.86. The van der Waals surface area contributed by atoms with E-state index in [1.165, 1.54) is 19.3 Å². The Labute approximate surface area is 111 Å². The van der Waals surface area contributed by atoms with Crippen molar-refractivity contribution in [1.82, 2.24) is 4.90 Å². The number of hydrogen-bond acceptors (Lipinski definition) is 3. The van der Waals surface area contributed by atoms with Crippen molar-refractivity contribution in [2.45, 2.75) is 52.1 Å². The molecule has 3 N–H and O–H groups in total. The molecule has 0 aromatic heterocycles. The van der Waals surface area contributed by atoms with Crippen molar-refractivity contribution in [2.75, 3.05) is 26.7 Å². The predicted octanol–water partition coefficient (Wildman–Crippen LogP) is 2.23. The molecule has 1 fully saturated rings. The molecule has 4 nitrogen and oxygen atoms in total. The summed E-state index contributed by atoms with van der Waals surface area (Å²) in [7, 11) is 2.15. The predicted molar refractivity (Wildman–Crippen MR) is 76.0 cm³/mol. The van der Waals surface area contributed by atoms with Gasteiger partial charge in [0, 0.05) is 18.6 Å². The molecular formula is C14H29N3O. The lowest BCUT2D eigenvalue weighted by atomic mass is 9.86. The van der Waals surface area contributed by atoms with Gasteiger partial charge in [-0.05, 0) is 45.7 Å². The highest BCUT2D eigenvalue weighted by atomic mass is 16.5. The molecule has 1 saturated heterocycles. The van der Waals surface area contributed by atoms with Gasteiger partial charge in [-0.1, -0.05) is 13.8 Å². The van der Waals surface area contributed by atoms with Crippen LogP contribution < -0.4 is 5.73 Å². The summed E-state index contributed by atoms with van der Waals surface area (Å²) in [4.78, 5) is 2.34. The molecule has 0 amide bonds. The van der Waals surface area contributed by atoms with Crippen LogP contribution in [0.5, 0.6) is 0 Å². The number of nitrogens with two attached hydrogens (primary N) is 1. The Balaban J connectivity index is 2.16. The normalized spacial score (nSPS) is 21.2. The van der Waals surface area contributed by atoms with E-state index < -0.39 is 0 Å². The van der Waals surface area contributed by atoms with Gasteiger partial charge in [0.15, 0.2) is 0 Å². The van der Waals surface area contributed by atoms with Gasteiger partial charge in [-0.25, -0.2) is 0 Å². The molecule has 0 radical (unpaired) electrons. The Morgan fingerprint density at radius 1 is 1.44 bits per heavy atom. The van der Waals surface area contributed by atoms with Gasteiger partial charge in [0.1, 0.15) is 0 Å². The summed E-state index contributed by atoms with van der Waals surface area (Å²) in [5.41, 5.74) is 5.42. The zero-order chi connectivity index (χ0) is 13.6. The number of likely N-dealkylation sites (N-methyl/N-ethyl adjacent to an activating group) is 1. The summed E-state index contributed by atoms with van der Waals surface area (Å²) < 4.78 is 5.74. The first-order valence-electron chi connectivity index (χ1n) is 7.06. The Bertz CT molecular complexity index is 260. The van der Waals surface area contributed by atoms with Crippen LogP contribution in [-0.2, 0) is 4.74 Å². The molecule has 1 unspecified atom stereocenters. The first-order chi connectivity index (χ1) is 8.42. The highest BCUT2D eigenvalue weighted by Crippen LogP contribution is 2.22. The van der Waals surface area contributed by atoms with Gasteiger partial charge in [-0.15, -0.1) is 0 Å². The minimum atomic E-state index is -0.165. The number of nitrogens with one attached hydrogen (secondary N) is 1. The first-order valence-corrected chi connectivity index (χ1v) is 7.06. The fourth-order valence-corrected chi connectivity index (χ4v) is 2.32. The molecule has 18 heavy (non-hydrogen) atoms. The van der Waals surface area contributed by atoms with Crippen LogP contribution in [0.25, 0.3) is 0 Å². The van der Waals surface area contributed by atoms with E-state index in [4.69, 9.17) is 15.9 Å². The SMILES string of the molecule is CN(CCCC(C)(C)C(=N)N)CC1CCCCO1. The van der Waals surface area contributed by atoms with Crippen LogP contribution in [0.2, 0.25) is 0 Å². The van der Waals surface area contributed by atoms with E-state index in [1.54, 1.807) is 0 Å². The molecule has 0 saturated carbocycles. The van der Waals surface area contributed by atoms with Crippen LogP contribution in [-0.4, -0.2) is 43.6 Å². The van der Waals surface area contributed by atoms with Crippen molar-refractivity contribution < 1.29 is 4.74 Å². The molecule has 4 heteroatoms. The van der Waals surface area contributed by atoms with Crippen LogP contribution >= 0.6 is 0 Å². The van der Waals surface area contributed by atoms with Gasteiger partial charge in [-0.2, -0.15) is 0 Å². The average Bonchev–Trinajstić information content (AvgIpc) is 2.29. The Hall–Kier alpha value is -0.610. The number of hydrogen-bond donors (Lipinski definition) is 2. The lowest BCUT2D eigenvalue weighted by molar-refractivity contribution is -0.00176. The third-order valence-corrected chi connectivity index (χ3v) is 3.86. The molecule has 1 aliphatic rings. The summed E-state index contributed by atoms with van der Waals surface area (Å²) >= 11 is 0. The van der Waals surface area contributed by atoms with Crippen molar-refractivity contribution in [2.24, 2.45) is 11.1 Å². The largest absolute Gasteiger partial charge is 0.387 e. The minimum absolute atomic E-state index is 0.165. The van der Waals surface area contributed by atoms with Crippen LogP contribution in [0.1, 0.15) is 46.0 Å². The summed E-state index contributed by atoms with van der Waals surface area (Å²) in [6.45, 7) is 7.09. The maximum Gasteiger partial charge on any atom is 0.0963 e. The maximum atomic E-state index is 7.53. The second-order valence-corrected chi connectivity index (χ2v) is 6.15. The van der Waals surface area contributed by atoms with Crippen molar-refractivity contribution in [3.8, 4) is 0 Å². The molecule has 0 spiro atoms. The van der Waals surface area contributed by atoms with Crippen molar-refractivity contribution >= 4 is 5.84 Å². The summed E-state index contributed by atoms with van der Waals surface area (Å²) in [6.07, 6.45) is 6.18. The van der Waals surface area contributed by atoms with Crippen LogP contribution in [0.4, 0.5) is 0 Å². The molecular weight excluding hydrogens is 226 g/mol. The van der Waals surface area contributed by atoms with Gasteiger partial charge in [0.2, 0.25) is 0 Å². The van der Waals surface area contributed by atoms with E-state index >= 15 is 0 Å². The molecule has 0 aromatic carbocycles. The third kappa shape index (κ3) is 5.36. The summed E-state index contributed by atoms with van der Waals surface area (Å²) in [6, 6.07) is 0. The molecule has 1 atom stereocenters. The second-order valence-electron chi connectivity index (χ2n) is 6.15. The summed E-state index contributed by atoms with van der Waals surface area (Å²) in [5, 5.41) is 7.53. The van der Waals surface area contributed by atoms with Crippen LogP contribution in [0.3, 0.4) is 0 Å². The Kier molecular flexibility index (Phi) is 6.09. The highest BCUT2D eigenvalue weighted by molar-refractivity contribution is 5.82. The topological polar surface area (TPSA) is 62.3 Å². The van der Waals surface area contributed by atoms with E-state index in [0.717, 1.165) is 32.5 Å². The molecule has 1 aliphatic heterocycles. The van der Waals surface area contributed by atoms with E-state index in [1.807, 2.05) is 13.8 Å². The monoisotopic (exact) mass is 255 g/mol. The van der Waals surface area contributed by atoms with Crippen molar-refractivity contribution in [3.05, 3.63) is 0 Å². The molecule has 1 heterocycles. The molecule has 1 rings (SSSR count). The average molecular weight is 255 g/mol. The number of ether oxygens (including phenoxy) is 1. The van der Waals surface area contributed by atoms with Crippen LogP contribution in [0.15, 0.2) is 0 Å². The fourth-order valence-electron chi connectivity index (χ4n) is 2.32. The second kappa shape index (κ2) is 7.10. The van der Waals surface area contributed by atoms with Crippen LogP contribution in [0, 0.1) is 10.8 Å². The molecule has 0 bridgehead atoms. The van der Waals surface area contributed by atoms with Gasteiger partial charge < -0.3 is 15.4 Å². The molecule has 0 aliphatic carbocycles. The number of amidine groups is 1. The van der Waals surface area contributed by atoms with E-state index in [-0.39, 0.29) is 5.41 Å². The van der Waals surface area contributed by atoms with E-state index in [0.29, 0.717) is 11.9 Å². The highest BCUT2D eigenvalue weighted by Gasteiger charge is 2.21. The van der Waals surface area contributed by atoms with Gasteiger partial charge in [0.05, 0.1) is 11.9 Å². The Morgan fingerprint density at radius 3 is 2.72 bits per heavy atom. The van der Waals surface area contributed by atoms with Gasteiger partial charge in [-0.3, -0.25) is 5.41 Å². The fraction of sp³-hybridized carbons (Fsp3) is 0.929. The first kappa shape index (κ1) is 15.4. The quantitative estimate of drug-likeness (QED) is 0.541. The zero-order valence-corrected chi connectivity index (χ0v) is 12.2. The number of rotatable bonds is 7. The maximum absolute atomic E-state index is 7.53. The lowest BCUT2D eigenvalue weighted by Gasteiger charge is -2.28. The van der Waals surface area contributed by atoms with Crippen molar-refractivity contribution in [1.29, 1.82) is 5.41 Å². The van der Waals surface area contributed by atoms with Crippen molar-refractivity contribution in [3.63, 3.8) is 0 Å². The van der Waals surface area contributed by atoms with Gasteiger partial charge in [0.25, 0.3) is 0 Å². The molecule has 106 valence electrons. The number of nitrogens with zero attached hydrogens (tertiary/aromatic N) is 1. The Morgan fingerprint density at radius 2 is 2.17 bits per heavy atom. The lowest BCUT2D eigenvalue weighted by Crippen LogP contribution is -2.35. The smallest absolute Gasteiger partial charge is 0.0963 e. The minimum Gasteiger partial charge on any atom is -0.387 e. The summed E-state index contributed by atoms with van der Waals surface area (Å²) in [5.74, 6) is 0.292. The van der Waals surface area contributed by atoms with E-state index in [9.17, 15) is 0 Å².